The van der Waals surface area contributed by atoms with Gasteiger partial charge in [0.15, 0.2) is 0 Å². The molecule has 43 heavy (non-hydrogen) atoms. The lowest BCUT2D eigenvalue weighted by Gasteiger charge is -2.38. The molecule has 1 atom stereocenters. The average Bonchev–Trinajstić information content (AvgIpc) is 3.31. The molecule has 3 aliphatic heterocycles. The summed E-state index contributed by atoms with van der Waals surface area (Å²) >= 11 is 6.68. The van der Waals surface area contributed by atoms with Crippen LogP contribution in [0.15, 0.2) is 36.4 Å². The number of likely N-dealkylation sites (tertiary alicyclic amines) is 1. The molecule has 4 heterocycles. The van der Waals surface area contributed by atoms with Crippen LogP contribution < -0.4 is 14.5 Å². The summed E-state index contributed by atoms with van der Waals surface area (Å²) < 4.78 is 11.8. The van der Waals surface area contributed by atoms with E-state index in [0.29, 0.717) is 51.8 Å². The molecule has 6 rings (SSSR count). The predicted molar refractivity (Wildman–Crippen MR) is 167 cm³/mol. The van der Waals surface area contributed by atoms with Crippen molar-refractivity contribution in [3.8, 4) is 6.01 Å². The highest BCUT2D eigenvalue weighted by Crippen LogP contribution is 2.37. The van der Waals surface area contributed by atoms with Gasteiger partial charge in [0.1, 0.15) is 18.0 Å². The minimum atomic E-state index is -0.537. The molecule has 0 unspecified atom stereocenters. The molecule has 11 heteroatoms. The van der Waals surface area contributed by atoms with Gasteiger partial charge in [-0.25, -0.2) is 4.79 Å². The van der Waals surface area contributed by atoms with E-state index in [0.717, 1.165) is 57.9 Å². The molecule has 2 fully saturated rings. The van der Waals surface area contributed by atoms with E-state index in [4.69, 9.17) is 31.0 Å². The first-order valence-electron chi connectivity index (χ1n) is 15.0. The lowest BCUT2D eigenvalue weighted by molar-refractivity contribution is -0.127. The summed E-state index contributed by atoms with van der Waals surface area (Å²) in [7, 11) is 1.82. The predicted octanol–water partition coefficient (Wildman–Crippen LogP) is 4.90. The highest BCUT2D eigenvalue weighted by Gasteiger charge is 2.32. The number of benzene rings is 2. The summed E-state index contributed by atoms with van der Waals surface area (Å²) in [4.78, 5) is 42.6. The van der Waals surface area contributed by atoms with E-state index < -0.39 is 5.60 Å². The summed E-state index contributed by atoms with van der Waals surface area (Å²) in [5.41, 5.74) is 2.56. The highest BCUT2D eigenvalue weighted by atomic mass is 35.5. The van der Waals surface area contributed by atoms with Crippen molar-refractivity contribution >= 4 is 45.9 Å². The number of piperazine rings is 1. The molecule has 0 saturated carbocycles. The van der Waals surface area contributed by atoms with Crippen molar-refractivity contribution in [1.29, 1.82) is 0 Å². The van der Waals surface area contributed by atoms with E-state index in [1.807, 2.05) is 40.0 Å². The molecule has 228 valence electrons. The number of ether oxygens (including phenoxy) is 2. The summed E-state index contributed by atoms with van der Waals surface area (Å²) in [5.74, 6) is 0.989. The number of carbonyl (C=O) groups is 2. The van der Waals surface area contributed by atoms with Crippen molar-refractivity contribution < 1.29 is 19.1 Å². The van der Waals surface area contributed by atoms with E-state index in [1.54, 1.807) is 9.80 Å². The van der Waals surface area contributed by atoms with Crippen molar-refractivity contribution in [2.45, 2.75) is 58.2 Å². The fourth-order valence-corrected chi connectivity index (χ4v) is 6.40. The fourth-order valence-electron chi connectivity index (χ4n) is 6.12. The van der Waals surface area contributed by atoms with Crippen molar-refractivity contribution in [2.75, 3.05) is 56.2 Å². The Balaban J connectivity index is 1.27. The number of likely N-dealkylation sites (N-methyl/N-ethyl adjacent to an activating group) is 1. The van der Waals surface area contributed by atoms with Gasteiger partial charge in [-0.05, 0) is 51.1 Å². The van der Waals surface area contributed by atoms with Gasteiger partial charge in [-0.1, -0.05) is 35.9 Å². The second kappa shape index (κ2) is 11.7. The van der Waals surface area contributed by atoms with Gasteiger partial charge >= 0.3 is 12.1 Å². The number of hydrogen-bond acceptors (Lipinski definition) is 8. The minimum Gasteiger partial charge on any atom is -0.461 e. The van der Waals surface area contributed by atoms with Crippen LogP contribution in [-0.4, -0.2) is 89.8 Å². The lowest BCUT2D eigenvalue weighted by Crippen LogP contribution is -2.50. The van der Waals surface area contributed by atoms with Gasteiger partial charge in [-0.15, -0.1) is 0 Å². The number of fused-ring (bicyclic) bond motifs is 2. The summed E-state index contributed by atoms with van der Waals surface area (Å²) in [5, 5.41) is 2.86. The molecule has 3 aliphatic rings. The molecule has 2 aromatic carbocycles. The fraction of sp³-hybridized carbons (Fsp3) is 0.500. The smallest absolute Gasteiger partial charge is 0.410 e. The Morgan fingerprint density at radius 3 is 2.44 bits per heavy atom. The first-order valence-corrected chi connectivity index (χ1v) is 15.4. The van der Waals surface area contributed by atoms with Crippen molar-refractivity contribution in [2.24, 2.45) is 0 Å². The molecular weight excluding hydrogens is 568 g/mol. The van der Waals surface area contributed by atoms with E-state index >= 15 is 0 Å². The van der Waals surface area contributed by atoms with Crippen LogP contribution in [0.3, 0.4) is 0 Å². The van der Waals surface area contributed by atoms with Gasteiger partial charge < -0.3 is 29.1 Å². The third-order valence-electron chi connectivity index (χ3n) is 8.46. The third-order valence-corrected chi connectivity index (χ3v) is 8.78. The second-order valence-corrected chi connectivity index (χ2v) is 12.9. The Kier molecular flexibility index (Phi) is 7.98. The SMILES string of the molecule is CN1C(=O)CC[C@H]1COc1nc2c(c(N3CCN(C(=O)OC(C)(C)C)CC3)n1)CCN(c1cccc3cccc(Cl)c13)C2. The van der Waals surface area contributed by atoms with Crippen molar-refractivity contribution in [1.82, 2.24) is 19.8 Å². The summed E-state index contributed by atoms with van der Waals surface area (Å²) in [6.45, 7) is 9.70. The standard InChI is InChI=1S/C32H39ClN6O4/c1-32(2,3)43-31(41)38-17-15-37(16-18-38)29-23-13-14-39(26-10-6-8-21-7-5-9-24(33)28(21)26)19-25(23)34-30(35-29)42-20-22-11-12-27(40)36(22)4/h5-10,22H,11-20H2,1-4H3/t22-/m0/s1. The topological polar surface area (TPSA) is 91.3 Å². The maximum Gasteiger partial charge on any atom is 0.410 e. The van der Waals surface area contributed by atoms with Crippen LogP contribution in [0.5, 0.6) is 6.01 Å². The number of aromatic nitrogens is 2. The summed E-state index contributed by atoms with van der Waals surface area (Å²) in [6.07, 6.45) is 1.76. The molecule has 0 aliphatic carbocycles. The lowest BCUT2D eigenvalue weighted by atomic mass is 10.0. The van der Waals surface area contributed by atoms with Crippen molar-refractivity contribution in [3.05, 3.63) is 52.7 Å². The van der Waals surface area contributed by atoms with Crippen LogP contribution in [0.1, 0.15) is 44.9 Å². The molecule has 10 nitrogen and oxygen atoms in total. The Bertz CT molecular complexity index is 1530. The normalized spacial score (nSPS) is 19.2. The van der Waals surface area contributed by atoms with E-state index in [1.165, 1.54) is 0 Å². The van der Waals surface area contributed by atoms with Crippen LogP contribution in [0, 0.1) is 0 Å². The quantitative estimate of drug-likeness (QED) is 0.405. The molecule has 2 saturated heterocycles. The van der Waals surface area contributed by atoms with Crippen LogP contribution in [0.4, 0.5) is 16.3 Å². The Labute approximate surface area is 257 Å². The van der Waals surface area contributed by atoms with Gasteiger partial charge in [0.25, 0.3) is 0 Å². The Hall–Kier alpha value is -3.79. The number of carbonyl (C=O) groups excluding carboxylic acids is 2. The molecule has 1 aromatic heterocycles. The van der Waals surface area contributed by atoms with E-state index in [2.05, 4.69) is 34.1 Å². The zero-order valence-electron chi connectivity index (χ0n) is 25.3. The third kappa shape index (κ3) is 6.16. The van der Waals surface area contributed by atoms with Gasteiger partial charge in [0, 0.05) is 62.8 Å². The molecule has 0 radical (unpaired) electrons. The number of rotatable bonds is 5. The first-order chi connectivity index (χ1) is 20.6. The van der Waals surface area contributed by atoms with Gasteiger partial charge in [-0.2, -0.15) is 9.97 Å². The highest BCUT2D eigenvalue weighted by molar-refractivity contribution is 6.36. The average molecular weight is 607 g/mol. The number of nitrogens with zero attached hydrogens (tertiary/aromatic N) is 6. The molecular formula is C32H39ClN6O4. The van der Waals surface area contributed by atoms with Gasteiger partial charge in [0.2, 0.25) is 5.91 Å². The maximum absolute atomic E-state index is 12.7. The number of halogens is 1. The second-order valence-electron chi connectivity index (χ2n) is 12.5. The van der Waals surface area contributed by atoms with E-state index in [-0.39, 0.29) is 18.0 Å². The minimum absolute atomic E-state index is 0.00211. The monoisotopic (exact) mass is 606 g/mol. The Morgan fingerprint density at radius 2 is 1.74 bits per heavy atom. The number of anilines is 2. The molecule has 0 N–H and O–H groups in total. The van der Waals surface area contributed by atoms with Crippen LogP contribution >= 0.6 is 11.6 Å². The van der Waals surface area contributed by atoms with Crippen LogP contribution in [0.25, 0.3) is 10.8 Å². The zero-order chi connectivity index (χ0) is 30.3. The van der Waals surface area contributed by atoms with Crippen LogP contribution in [0.2, 0.25) is 5.02 Å². The number of amides is 2. The van der Waals surface area contributed by atoms with Gasteiger partial charge in [-0.3, -0.25) is 4.79 Å². The van der Waals surface area contributed by atoms with E-state index in [9.17, 15) is 9.59 Å². The Morgan fingerprint density at radius 1 is 1.00 bits per heavy atom. The zero-order valence-corrected chi connectivity index (χ0v) is 26.1. The molecule has 0 bridgehead atoms. The first kappa shape index (κ1) is 29.3. The largest absolute Gasteiger partial charge is 0.461 e. The molecule has 3 aromatic rings. The number of hydrogen-bond donors (Lipinski definition) is 0. The molecule has 2 amide bonds. The van der Waals surface area contributed by atoms with Crippen LogP contribution in [-0.2, 0) is 22.5 Å². The summed E-state index contributed by atoms with van der Waals surface area (Å²) in [6, 6.07) is 12.6. The van der Waals surface area contributed by atoms with Gasteiger partial charge in [0.05, 0.1) is 23.3 Å². The maximum atomic E-state index is 12.7. The van der Waals surface area contributed by atoms with Crippen molar-refractivity contribution in [3.63, 3.8) is 0 Å². The molecule has 0 spiro atoms.